The molecule has 1 unspecified atom stereocenters. The molecular formula is C11H16FNO2. The van der Waals surface area contributed by atoms with Gasteiger partial charge < -0.3 is 15.2 Å². The quantitative estimate of drug-likeness (QED) is 0.830. The maximum atomic E-state index is 13.9. The Balaban J connectivity index is 3.22. The summed E-state index contributed by atoms with van der Waals surface area (Å²) >= 11 is 0. The maximum Gasteiger partial charge on any atom is 0.197 e. The fourth-order valence-electron chi connectivity index (χ4n) is 1.41. The summed E-state index contributed by atoms with van der Waals surface area (Å²) < 4.78 is 23.8. The highest BCUT2D eigenvalue weighted by Gasteiger charge is 2.17. The van der Waals surface area contributed by atoms with E-state index in [2.05, 4.69) is 0 Å². The summed E-state index contributed by atoms with van der Waals surface area (Å²) in [4.78, 5) is 0. The van der Waals surface area contributed by atoms with Crippen molar-refractivity contribution in [1.29, 1.82) is 0 Å². The number of hydrogen-bond donors (Lipinski definition) is 1. The number of hydrogen-bond acceptors (Lipinski definition) is 3. The zero-order valence-electron chi connectivity index (χ0n) is 9.21. The predicted octanol–water partition coefficient (Wildman–Crippen LogP) is 1.91. The first kappa shape index (κ1) is 11.8. The Hall–Kier alpha value is -1.29. The highest BCUT2D eigenvalue weighted by atomic mass is 19.1. The van der Waals surface area contributed by atoms with Crippen LogP contribution in [0.25, 0.3) is 0 Å². The van der Waals surface area contributed by atoms with E-state index in [1.54, 1.807) is 12.1 Å². The molecule has 0 aliphatic carbocycles. The average molecular weight is 213 g/mol. The van der Waals surface area contributed by atoms with Gasteiger partial charge in [-0.05, 0) is 24.1 Å². The molecule has 0 aromatic heterocycles. The second-order valence-corrected chi connectivity index (χ2v) is 3.34. The number of methoxy groups -OCH3 is 2. The summed E-state index contributed by atoms with van der Waals surface area (Å²) in [6.07, 6.45) is 0. The third kappa shape index (κ3) is 2.21. The van der Waals surface area contributed by atoms with E-state index in [0.29, 0.717) is 17.9 Å². The van der Waals surface area contributed by atoms with Gasteiger partial charge in [0.1, 0.15) is 0 Å². The van der Waals surface area contributed by atoms with Crippen LogP contribution in [-0.2, 0) is 0 Å². The summed E-state index contributed by atoms with van der Waals surface area (Å²) in [7, 11) is 2.89. The lowest BCUT2D eigenvalue weighted by atomic mass is 10.00. The lowest BCUT2D eigenvalue weighted by Crippen LogP contribution is -2.11. The zero-order chi connectivity index (χ0) is 11.4. The molecule has 84 valence electrons. The Bertz CT molecular complexity index is 342. The molecule has 15 heavy (non-hydrogen) atoms. The van der Waals surface area contributed by atoms with Gasteiger partial charge in [0.15, 0.2) is 17.3 Å². The number of ether oxygens (including phenoxy) is 2. The average Bonchev–Trinajstić information content (AvgIpc) is 2.27. The van der Waals surface area contributed by atoms with Gasteiger partial charge in [0, 0.05) is 0 Å². The molecule has 0 saturated heterocycles. The second kappa shape index (κ2) is 4.98. The fourth-order valence-corrected chi connectivity index (χ4v) is 1.41. The minimum absolute atomic E-state index is 0.0372. The lowest BCUT2D eigenvalue weighted by Gasteiger charge is -2.14. The molecule has 0 fully saturated rings. The monoisotopic (exact) mass is 213 g/mol. The number of halogens is 1. The molecule has 0 amide bonds. The van der Waals surface area contributed by atoms with Gasteiger partial charge in [-0.1, -0.05) is 13.0 Å². The zero-order valence-corrected chi connectivity index (χ0v) is 9.21. The highest BCUT2D eigenvalue weighted by Crippen LogP contribution is 2.34. The van der Waals surface area contributed by atoms with Crippen LogP contribution in [0.2, 0.25) is 0 Å². The van der Waals surface area contributed by atoms with Crippen molar-refractivity contribution in [2.45, 2.75) is 12.8 Å². The minimum atomic E-state index is -0.394. The van der Waals surface area contributed by atoms with E-state index in [-0.39, 0.29) is 11.7 Å². The van der Waals surface area contributed by atoms with E-state index >= 15 is 0 Å². The molecule has 0 saturated carbocycles. The van der Waals surface area contributed by atoms with E-state index in [1.165, 1.54) is 14.2 Å². The second-order valence-electron chi connectivity index (χ2n) is 3.34. The van der Waals surface area contributed by atoms with Crippen LogP contribution in [0, 0.1) is 5.82 Å². The molecule has 0 radical (unpaired) electrons. The van der Waals surface area contributed by atoms with Gasteiger partial charge in [0.2, 0.25) is 0 Å². The predicted molar refractivity (Wildman–Crippen MR) is 57.0 cm³/mol. The van der Waals surface area contributed by atoms with E-state index in [4.69, 9.17) is 15.2 Å². The van der Waals surface area contributed by atoms with Crippen molar-refractivity contribution in [2.75, 3.05) is 20.8 Å². The third-order valence-electron chi connectivity index (χ3n) is 2.40. The van der Waals surface area contributed by atoms with Gasteiger partial charge in [-0.15, -0.1) is 0 Å². The molecule has 1 atom stereocenters. The van der Waals surface area contributed by atoms with Crippen LogP contribution in [0.15, 0.2) is 12.1 Å². The summed E-state index contributed by atoms with van der Waals surface area (Å²) in [5.74, 6) is 0.0953. The van der Waals surface area contributed by atoms with E-state index in [9.17, 15) is 4.39 Å². The Morgan fingerprint density at radius 2 is 2.00 bits per heavy atom. The molecule has 2 N–H and O–H groups in total. The van der Waals surface area contributed by atoms with Crippen molar-refractivity contribution >= 4 is 0 Å². The molecule has 1 rings (SSSR count). The first-order chi connectivity index (χ1) is 7.15. The third-order valence-corrected chi connectivity index (χ3v) is 2.40. The number of rotatable bonds is 4. The normalized spacial score (nSPS) is 12.3. The van der Waals surface area contributed by atoms with Gasteiger partial charge in [-0.25, -0.2) is 4.39 Å². The van der Waals surface area contributed by atoms with Crippen molar-refractivity contribution in [3.8, 4) is 11.5 Å². The molecule has 3 nitrogen and oxygen atoms in total. The standard InChI is InChI=1S/C11H16FNO2/c1-7(6-13)8-4-5-9(14-2)11(15-3)10(8)12/h4-5,7H,6,13H2,1-3H3. The van der Waals surface area contributed by atoms with Crippen LogP contribution < -0.4 is 15.2 Å². The van der Waals surface area contributed by atoms with Crippen molar-refractivity contribution in [3.63, 3.8) is 0 Å². The van der Waals surface area contributed by atoms with Crippen molar-refractivity contribution in [2.24, 2.45) is 5.73 Å². The smallest absolute Gasteiger partial charge is 0.197 e. The molecule has 0 spiro atoms. The Morgan fingerprint density at radius 1 is 1.33 bits per heavy atom. The fraction of sp³-hybridized carbons (Fsp3) is 0.455. The Kier molecular flexibility index (Phi) is 3.91. The van der Waals surface area contributed by atoms with Gasteiger partial charge in [-0.2, -0.15) is 0 Å². The van der Waals surface area contributed by atoms with Gasteiger partial charge in [0.25, 0.3) is 0 Å². The van der Waals surface area contributed by atoms with E-state index < -0.39 is 5.82 Å². The van der Waals surface area contributed by atoms with Crippen molar-refractivity contribution < 1.29 is 13.9 Å². The van der Waals surface area contributed by atoms with Crippen molar-refractivity contribution in [1.82, 2.24) is 0 Å². The molecular weight excluding hydrogens is 197 g/mol. The van der Waals surface area contributed by atoms with Gasteiger partial charge in [-0.3, -0.25) is 0 Å². The minimum Gasteiger partial charge on any atom is -0.493 e. The van der Waals surface area contributed by atoms with E-state index in [1.807, 2.05) is 6.92 Å². The molecule has 0 aliphatic rings. The number of benzene rings is 1. The SMILES string of the molecule is COc1ccc(C(C)CN)c(F)c1OC. The van der Waals surface area contributed by atoms with Crippen molar-refractivity contribution in [3.05, 3.63) is 23.5 Å². The van der Waals surface area contributed by atoms with Gasteiger partial charge >= 0.3 is 0 Å². The summed E-state index contributed by atoms with van der Waals surface area (Å²) in [5.41, 5.74) is 6.05. The van der Waals surface area contributed by atoms with Crippen LogP contribution in [-0.4, -0.2) is 20.8 Å². The molecule has 0 heterocycles. The molecule has 4 heteroatoms. The first-order valence-electron chi connectivity index (χ1n) is 4.76. The van der Waals surface area contributed by atoms with Crippen LogP contribution in [0.3, 0.4) is 0 Å². The van der Waals surface area contributed by atoms with Crippen LogP contribution in [0.1, 0.15) is 18.4 Å². The Labute approximate surface area is 89.0 Å². The largest absolute Gasteiger partial charge is 0.493 e. The molecule has 1 aromatic rings. The topological polar surface area (TPSA) is 44.5 Å². The summed E-state index contributed by atoms with van der Waals surface area (Å²) in [6.45, 7) is 2.26. The molecule has 1 aromatic carbocycles. The summed E-state index contributed by atoms with van der Waals surface area (Å²) in [6, 6.07) is 3.36. The Morgan fingerprint density at radius 3 is 2.47 bits per heavy atom. The van der Waals surface area contributed by atoms with Crippen LogP contribution in [0.4, 0.5) is 4.39 Å². The highest BCUT2D eigenvalue weighted by molar-refractivity contribution is 5.45. The molecule has 0 bridgehead atoms. The number of nitrogens with two attached hydrogens (primary N) is 1. The first-order valence-corrected chi connectivity index (χ1v) is 4.76. The van der Waals surface area contributed by atoms with Crippen LogP contribution in [0.5, 0.6) is 11.5 Å². The van der Waals surface area contributed by atoms with E-state index in [0.717, 1.165) is 0 Å². The summed E-state index contributed by atoms with van der Waals surface area (Å²) in [5, 5.41) is 0. The van der Waals surface area contributed by atoms with Crippen LogP contribution >= 0.6 is 0 Å². The molecule has 0 aliphatic heterocycles. The maximum absolute atomic E-state index is 13.9. The van der Waals surface area contributed by atoms with Gasteiger partial charge in [0.05, 0.1) is 14.2 Å². The lowest BCUT2D eigenvalue weighted by molar-refractivity contribution is 0.335.